The Hall–Kier alpha value is -2.97. The van der Waals surface area contributed by atoms with E-state index in [0.717, 1.165) is 56.9 Å². The van der Waals surface area contributed by atoms with Crippen LogP contribution in [0.25, 0.3) is 0 Å². The van der Waals surface area contributed by atoms with E-state index < -0.39 is 47.9 Å². The van der Waals surface area contributed by atoms with Gasteiger partial charge in [-0.2, -0.15) is 0 Å². The molecule has 0 bridgehead atoms. The van der Waals surface area contributed by atoms with Gasteiger partial charge in [0, 0.05) is 16.9 Å². The predicted molar refractivity (Wildman–Crippen MR) is 221 cm³/mol. The van der Waals surface area contributed by atoms with Crippen molar-refractivity contribution in [3.05, 3.63) is 34.9 Å². The molecule has 15 heteroatoms. The number of benzene rings is 1. The molecule has 4 heterocycles. The number of ether oxygens (including phenoxy) is 2. The molecule has 1 aromatic carbocycles. The van der Waals surface area contributed by atoms with E-state index in [4.69, 9.17) is 21.1 Å². The van der Waals surface area contributed by atoms with Crippen LogP contribution in [-0.2, 0) is 44.7 Å². The number of amides is 4. The van der Waals surface area contributed by atoms with Crippen molar-refractivity contribution < 1.29 is 38.2 Å². The van der Waals surface area contributed by atoms with Crippen LogP contribution in [0.2, 0.25) is 5.02 Å². The van der Waals surface area contributed by atoms with Gasteiger partial charge in [0.05, 0.1) is 25.0 Å². The van der Waals surface area contributed by atoms with Crippen molar-refractivity contribution in [2.75, 3.05) is 25.7 Å². The van der Waals surface area contributed by atoms with E-state index >= 15 is 0 Å². The third-order valence-electron chi connectivity index (χ3n) is 12.6. The minimum absolute atomic E-state index is 0.132. The number of methoxy groups -OCH3 is 2. The first-order chi connectivity index (χ1) is 27.6. The third-order valence-corrected chi connectivity index (χ3v) is 15.5. The van der Waals surface area contributed by atoms with Crippen LogP contribution in [0.4, 0.5) is 0 Å². The molecule has 4 aliphatic heterocycles. The van der Waals surface area contributed by atoms with Crippen molar-refractivity contribution in [1.29, 1.82) is 0 Å². The lowest BCUT2D eigenvalue weighted by atomic mass is 9.79. The number of hydrogen-bond donors (Lipinski definition) is 2. The summed E-state index contributed by atoms with van der Waals surface area (Å²) >= 11 is 9.68. The fourth-order valence-electron chi connectivity index (χ4n) is 9.54. The zero-order valence-electron chi connectivity index (χ0n) is 33.3. The number of piperidine rings is 2. The summed E-state index contributed by atoms with van der Waals surface area (Å²) in [6.45, 7) is 0. The SMILES string of the molecule is COC(=O)[C@@H]1CCC[C@@H]2SCC[C@H](NC(=O)[C@H](CC[C@H](CC3CCCCC3)C(=O)N[C@H]3CCS[C@H]4CCC[C@@H](C(=O)OC)N4C3=O)Cc3cccc(Cl)c3)C(=O)N21. The highest BCUT2D eigenvalue weighted by Crippen LogP contribution is 2.37. The van der Waals surface area contributed by atoms with Gasteiger partial charge in [0.1, 0.15) is 24.2 Å². The van der Waals surface area contributed by atoms with Crippen molar-refractivity contribution in [3.8, 4) is 0 Å². The van der Waals surface area contributed by atoms with E-state index in [1.54, 1.807) is 39.4 Å². The summed E-state index contributed by atoms with van der Waals surface area (Å²) in [7, 11) is 2.68. The molecule has 0 unspecified atom stereocenters. The van der Waals surface area contributed by atoms with Gasteiger partial charge < -0.3 is 29.9 Å². The van der Waals surface area contributed by atoms with E-state index in [2.05, 4.69) is 10.6 Å². The number of carbonyl (C=O) groups excluding carboxylic acids is 6. The molecule has 0 radical (unpaired) electrons. The number of fused-ring (bicyclic) bond motifs is 2. The number of nitrogens with zero attached hydrogens (tertiary/aromatic N) is 2. The smallest absolute Gasteiger partial charge is 0.328 e. The molecule has 1 saturated carbocycles. The van der Waals surface area contributed by atoms with Gasteiger partial charge in [0.2, 0.25) is 23.6 Å². The van der Waals surface area contributed by atoms with Crippen LogP contribution in [0.15, 0.2) is 24.3 Å². The number of thioether (sulfide) groups is 2. The fraction of sp³-hybridized carbons (Fsp3) is 0.714. The normalized spacial score (nSPS) is 28.1. The predicted octanol–water partition coefficient (Wildman–Crippen LogP) is 5.87. The van der Waals surface area contributed by atoms with Crippen LogP contribution in [-0.4, -0.2) is 106 Å². The minimum atomic E-state index is -0.796. The molecular weight excluding hydrogens is 788 g/mol. The molecule has 4 saturated heterocycles. The summed E-state index contributed by atoms with van der Waals surface area (Å²) in [6.07, 6.45) is 12.5. The largest absolute Gasteiger partial charge is 0.467 e. The van der Waals surface area contributed by atoms with Crippen LogP contribution in [0.1, 0.15) is 108 Å². The average molecular weight is 848 g/mol. The zero-order chi connectivity index (χ0) is 40.5. The van der Waals surface area contributed by atoms with Crippen LogP contribution in [0, 0.1) is 17.8 Å². The molecule has 8 atom stereocenters. The molecule has 12 nitrogen and oxygen atoms in total. The van der Waals surface area contributed by atoms with Crippen molar-refractivity contribution in [1.82, 2.24) is 20.4 Å². The second-order valence-electron chi connectivity index (χ2n) is 16.3. The summed E-state index contributed by atoms with van der Waals surface area (Å²) in [5.41, 5.74) is 0.873. The van der Waals surface area contributed by atoms with E-state index in [0.29, 0.717) is 73.8 Å². The molecule has 5 aliphatic rings. The standard InChI is InChI=1S/C42H59ClN4O8S2/c1-54-41(52)33-13-7-15-35-46(33)39(50)31(19-21-56-35)44-37(48)28(23-26-9-4-3-5-10-26)17-18-29(24-27-11-6-12-30(43)25-27)38(49)45-32-20-22-57-36-16-8-14-34(42(53)55-2)47(36)40(32)51/h6,11-12,25-26,28-29,31-36H,3-5,7-10,13-24H2,1-2H3,(H,44,48)(H,45,49)/t28-,29-,31+,32+,33+,34+,35+,36+/m1/s1. The Morgan fingerprint density at radius 3 is 1.77 bits per heavy atom. The van der Waals surface area contributed by atoms with Gasteiger partial charge >= 0.3 is 11.9 Å². The minimum Gasteiger partial charge on any atom is -0.467 e. The maximum atomic E-state index is 14.4. The van der Waals surface area contributed by atoms with Gasteiger partial charge in [-0.15, -0.1) is 23.5 Å². The van der Waals surface area contributed by atoms with E-state index in [1.807, 2.05) is 18.2 Å². The van der Waals surface area contributed by atoms with Crippen LogP contribution in [0.5, 0.6) is 0 Å². The first-order valence-electron chi connectivity index (χ1n) is 21.0. The topological polar surface area (TPSA) is 151 Å². The van der Waals surface area contributed by atoms with Gasteiger partial charge in [-0.25, -0.2) is 9.59 Å². The number of nitrogens with one attached hydrogen (secondary N) is 2. The molecule has 0 spiro atoms. The summed E-state index contributed by atoms with van der Waals surface area (Å²) < 4.78 is 10.2. The summed E-state index contributed by atoms with van der Waals surface area (Å²) in [6, 6.07) is 4.50. The zero-order valence-corrected chi connectivity index (χ0v) is 35.7. The number of halogens is 1. The van der Waals surface area contributed by atoms with E-state index in [1.165, 1.54) is 20.6 Å². The van der Waals surface area contributed by atoms with Gasteiger partial charge in [0.25, 0.3) is 0 Å². The Kier molecular flexibility index (Phi) is 15.9. The number of carbonyl (C=O) groups is 6. The molecule has 1 aliphatic carbocycles. The Labute approximate surface area is 350 Å². The quantitative estimate of drug-likeness (QED) is 0.231. The molecule has 2 N–H and O–H groups in total. The average Bonchev–Trinajstić information content (AvgIpc) is 3.48. The van der Waals surface area contributed by atoms with Crippen molar-refractivity contribution in [2.24, 2.45) is 17.8 Å². The van der Waals surface area contributed by atoms with E-state index in [9.17, 15) is 28.8 Å². The molecule has 57 heavy (non-hydrogen) atoms. The van der Waals surface area contributed by atoms with Gasteiger partial charge in [-0.1, -0.05) is 55.8 Å². The lowest BCUT2D eigenvalue weighted by molar-refractivity contribution is -0.156. The maximum Gasteiger partial charge on any atom is 0.328 e. The van der Waals surface area contributed by atoms with Crippen LogP contribution in [0.3, 0.4) is 0 Å². The van der Waals surface area contributed by atoms with Crippen molar-refractivity contribution >= 4 is 70.7 Å². The van der Waals surface area contributed by atoms with Crippen LogP contribution >= 0.6 is 35.1 Å². The Morgan fingerprint density at radius 2 is 1.25 bits per heavy atom. The molecule has 4 amide bonds. The van der Waals surface area contributed by atoms with Crippen LogP contribution < -0.4 is 10.6 Å². The molecule has 314 valence electrons. The van der Waals surface area contributed by atoms with Gasteiger partial charge in [-0.05, 0) is 112 Å². The highest BCUT2D eigenvalue weighted by atomic mass is 35.5. The van der Waals surface area contributed by atoms with Gasteiger partial charge in [0.15, 0.2) is 0 Å². The second kappa shape index (κ2) is 20.8. The molecule has 6 rings (SSSR count). The maximum absolute atomic E-state index is 14.4. The highest BCUT2D eigenvalue weighted by Gasteiger charge is 2.45. The van der Waals surface area contributed by atoms with E-state index in [-0.39, 0.29) is 34.4 Å². The third kappa shape index (κ3) is 11.0. The number of esters is 2. The Balaban J connectivity index is 1.20. The first-order valence-corrected chi connectivity index (χ1v) is 23.4. The second-order valence-corrected chi connectivity index (χ2v) is 19.3. The highest BCUT2D eigenvalue weighted by molar-refractivity contribution is 8.00. The monoisotopic (exact) mass is 846 g/mol. The number of rotatable bonds is 13. The molecule has 5 fully saturated rings. The number of hydrogen-bond acceptors (Lipinski definition) is 10. The fourth-order valence-corrected chi connectivity index (χ4v) is 12.5. The van der Waals surface area contributed by atoms with Gasteiger partial charge in [-0.3, -0.25) is 19.2 Å². The Bertz CT molecular complexity index is 1610. The summed E-state index contributed by atoms with van der Waals surface area (Å²) in [5.74, 6) is -1.15. The lowest BCUT2D eigenvalue weighted by Gasteiger charge is -2.40. The molecule has 1 aromatic rings. The van der Waals surface area contributed by atoms with Crippen molar-refractivity contribution in [3.63, 3.8) is 0 Å². The molecule has 0 aromatic heterocycles. The first kappa shape index (κ1) is 43.6. The Morgan fingerprint density at radius 1 is 0.719 bits per heavy atom. The summed E-state index contributed by atoms with van der Waals surface area (Å²) in [5, 5.41) is 6.50. The lowest BCUT2D eigenvalue weighted by Crippen LogP contribution is -2.58. The van der Waals surface area contributed by atoms with Crippen molar-refractivity contribution in [2.45, 2.75) is 144 Å². The summed E-state index contributed by atoms with van der Waals surface area (Å²) in [4.78, 5) is 85.9. The molecular formula is C42H59ClN4O8S2.